The molecule has 0 aliphatic carbocycles. The van der Waals surface area contributed by atoms with Crippen molar-refractivity contribution in [3.05, 3.63) is 41.9 Å². The van der Waals surface area contributed by atoms with Crippen molar-refractivity contribution in [2.24, 2.45) is 0 Å². The highest BCUT2D eigenvalue weighted by atomic mass is 13.9. The summed E-state index contributed by atoms with van der Waals surface area (Å²) in [4.78, 5) is 0. The lowest BCUT2D eigenvalue weighted by Crippen LogP contribution is -1.71. The zero-order valence-corrected chi connectivity index (χ0v) is 5.39. The van der Waals surface area contributed by atoms with Crippen LogP contribution in [0.4, 0.5) is 0 Å². The zero-order chi connectivity index (χ0) is 8.27. The summed E-state index contributed by atoms with van der Waals surface area (Å²) in [5.74, 6) is 0. The molecule has 0 aliphatic heterocycles. The van der Waals surface area contributed by atoms with Crippen molar-refractivity contribution >= 4 is 6.08 Å². The van der Waals surface area contributed by atoms with Crippen LogP contribution in [0.5, 0.6) is 0 Å². The van der Waals surface area contributed by atoms with Gasteiger partial charge in [0.2, 0.25) is 0 Å². The molecule has 1 rings (SSSR count). The smallest absolute Gasteiger partial charge is 0.0538 e. The Morgan fingerprint density at radius 1 is 1.44 bits per heavy atom. The van der Waals surface area contributed by atoms with Gasteiger partial charge in [-0.05, 0) is 12.5 Å². The predicted molar refractivity (Wildman–Crippen MR) is 41.3 cm³/mol. The normalized spacial score (nSPS) is 11.7. The molecule has 0 heterocycles. The Balaban J connectivity index is 2.91. The molecule has 0 N–H and O–H groups in total. The first-order valence-electron chi connectivity index (χ1n) is 3.90. The van der Waals surface area contributed by atoms with E-state index in [0.717, 1.165) is 5.56 Å². The fraction of sp³-hybridized carbons (Fsp3) is 0.111. The summed E-state index contributed by atoms with van der Waals surface area (Å²) >= 11 is 0. The first-order valence-corrected chi connectivity index (χ1v) is 2.90. The molecule has 0 aliphatic rings. The van der Waals surface area contributed by atoms with E-state index in [1.807, 2.05) is 31.2 Å². The summed E-state index contributed by atoms with van der Waals surface area (Å²) in [6.07, 6.45) is 1.51. The molecule has 1 aromatic carbocycles. The highest BCUT2D eigenvalue weighted by Gasteiger charge is 1.82. The number of rotatable bonds is 1. The van der Waals surface area contributed by atoms with Gasteiger partial charge in [-0.2, -0.15) is 0 Å². The van der Waals surface area contributed by atoms with E-state index in [9.17, 15) is 0 Å². The van der Waals surface area contributed by atoms with Crippen LogP contribution in [0.15, 0.2) is 30.8 Å². The quantitative estimate of drug-likeness (QED) is 0.534. The van der Waals surface area contributed by atoms with E-state index in [2.05, 4.69) is 0 Å². The maximum atomic E-state index is 6.90. The van der Waals surface area contributed by atoms with E-state index >= 15 is 0 Å². The molecular weight excluding hydrogens is 108 g/mol. The number of hydrogen-bond acceptors (Lipinski definition) is 0. The van der Waals surface area contributed by atoms with Crippen molar-refractivity contribution in [3.8, 4) is 0 Å². The summed E-state index contributed by atoms with van der Waals surface area (Å²) in [6, 6.07) is 7.74. The third-order valence-electron chi connectivity index (χ3n) is 1.24. The summed E-state index contributed by atoms with van der Waals surface area (Å²) < 4.78 is 13.8. The predicted octanol–water partition coefficient (Wildman–Crippen LogP) is 2.64. The minimum absolute atomic E-state index is 0.158. The molecular formula is C9H10. The number of aryl methyl sites for hydroxylation is 1. The zero-order valence-electron chi connectivity index (χ0n) is 7.39. The average Bonchev–Trinajstić information content (AvgIpc) is 1.93. The van der Waals surface area contributed by atoms with Crippen LogP contribution in [0.2, 0.25) is 0 Å². The van der Waals surface area contributed by atoms with Crippen molar-refractivity contribution < 1.29 is 2.74 Å². The maximum Gasteiger partial charge on any atom is 0.0538 e. The Morgan fingerprint density at radius 3 is 2.67 bits per heavy atom. The molecule has 0 heteroatoms. The Labute approximate surface area is 58.6 Å². The van der Waals surface area contributed by atoms with Crippen molar-refractivity contribution in [2.75, 3.05) is 0 Å². The fourth-order valence-electron chi connectivity index (χ4n) is 0.663. The topological polar surface area (TPSA) is 0 Å². The summed E-state index contributed by atoms with van der Waals surface area (Å²) in [5.41, 5.74) is 2.11. The van der Waals surface area contributed by atoms with Gasteiger partial charge in [-0.3, -0.25) is 0 Å². The number of benzene rings is 1. The van der Waals surface area contributed by atoms with E-state index < -0.39 is 0 Å². The molecule has 1 aromatic rings. The Bertz CT molecular complexity index is 255. The van der Waals surface area contributed by atoms with Gasteiger partial charge >= 0.3 is 0 Å². The lowest BCUT2D eigenvalue weighted by molar-refractivity contribution is 1.46. The van der Waals surface area contributed by atoms with Crippen LogP contribution < -0.4 is 0 Å². The molecule has 0 saturated heterocycles. The summed E-state index contributed by atoms with van der Waals surface area (Å²) in [5, 5.41) is 0. The molecule has 0 saturated carbocycles. The highest BCUT2D eigenvalue weighted by Crippen LogP contribution is 2.02. The van der Waals surface area contributed by atoms with E-state index in [4.69, 9.17) is 2.74 Å². The van der Waals surface area contributed by atoms with Gasteiger partial charge in [0, 0.05) is 0 Å². The highest BCUT2D eigenvalue weighted by molar-refractivity contribution is 5.46. The van der Waals surface area contributed by atoms with Gasteiger partial charge in [-0.15, -0.1) is 0 Å². The van der Waals surface area contributed by atoms with Crippen LogP contribution in [0.25, 0.3) is 6.08 Å². The second kappa shape index (κ2) is 2.49. The minimum atomic E-state index is -0.158. The monoisotopic (exact) mass is 120 g/mol. The van der Waals surface area contributed by atoms with Gasteiger partial charge < -0.3 is 0 Å². The van der Waals surface area contributed by atoms with Gasteiger partial charge in [0.1, 0.15) is 0 Å². The first-order chi connectivity index (χ1) is 5.18. The molecule has 0 aromatic heterocycles. The molecule has 0 fully saturated rings. The molecule has 46 valence electrons. The molecule has 0 nitrogen and oxygen atoms in total. The van der Waals surface area contributed by atoms with E-state index in [-0.39, 0.29) is 6.53 Å². The third kappa shape index (κ3) is 1.43. The summed E-state index contributed by atoms with van der Waals surface area (Å²) in [7, 11) is 0. The largest absolute Gasteiger partial charge is 0.0985 e. The molecule has 0 atom stereocenters. The van der Waals surface area contributed by atoms with Crippen LogP contribution in [0.3, 0.4) is 0 Å². The van der Waals surface area contributed by atoms with Crippen molar-refractivity contribution in [3.63, 3.8) is 0 Å². The lowest BCUT2D eigenvalue weighted by atomic mass is 10.2. The molecule has 9 heavy (non-hydrogen) atoms. The van der Waals surface area contributed by atoms with Crippen LogP contribution in [0, 0.1) is 6.92 Å². The Hall–Kier alpha value is -1.04. The van der Waals surface area contributed by atoms with Crippen LogP contribution >= 0.6 is 0 Å². The first kappa shape index (κ1) is 3.89. The Kier molecular flexibility index (Phi) is 1.08. The summed E-state index contributed by atoms with van der Waals surface area (Å²) in [6.45, 7) is 1.85. The van der Waals surface area contributed by atoms with Gasteiger partial charge in [0.25, 0.3) is 0 Å². The fourth-order valence-corrected chi connectivity index (χ4v) is 0.663. The van der Waals surface area contributed by atoms with Gasteiger partial charge in [0.05, 0.1) is 2.74 Å². The maximum absolute atomic E-state index is 6.90. The average molecular weight is 120 g/mol. The van der Waals surface area contributed by atoms with Gasteiger partial charge in [0.15, 0.2) is 0 Å². The molecule has 0 bridgehead atoms. The van der Waals surface area contributed by atoms with Crippen LogP contribution in [0.1, 0.15) is 13.9 Å². The van der Waals surface area contributed by atoms with E-state index in [1.54, 1.807) is 0 Å². The second-order valence-electron chi connectivity index (χ2n) is 2.06. The van der Waals surface area contributed by atoms with E-state index in [0.29, 0.717) is 0 Å². The molecule has 0 radical (unpaired) electrons. The number of hydrogen-bond donors (Lipinski definition) is 0. The van der Waals surface area contributed by atoms with Crippen LogP contribution in [-0.4, -0.2) is 0 Å². The van der Waals surface area contributed by atoms with Gasteiger partial charge in [-0.1, -0.05) is 42.4 Å². The lowest BCUT2D eigenvalue weighted by Gasteiger charge is -1.91. The standard InChI is InChI=1S/C9H10/c1-3-9-6-4-8(2)5-7-9/h3-7H,1H2,2H3/i1D2. The molecule has 0 amide bonds. The molecule has 0 unspecified atom stereocenters. The third-order valence-corrected chi connectivity index (χ3v) is 1.24. The second-order valence-corrected chi connectivity index (χ2v) is 2.06. The van der Waals surface area contributed by atoms with Gasteiger partial charge in [-0.25, -0.2) is 0 Å². The SMILES string of the molecule is [2H]C([2H])=Cc1ccc(C)cc1. The van der Waals surface area contributed by atoms with Crippen molar-refractivity contribution in [1.29, 1.82) is 0 Å². The Morgan fingerprint density at radius 2 is 2.11 bits per heavy atom. The molecule has 0 spiro atoms. The van der Waals surface area contributed by atoms with Crippen molar-refractivity contribution in [1.82, 2.24) is 0 Å². The minimum Gasteiger partial charge on any atom is -0.0985 e. The van der Waals surface area contributed by atoms with Crippen LogP contribution in [-0.2, 0) is 0 Å². The van der Waals surface area contributed by atoms with Crippen molar-refractivity contribution in [2.45, 2.75) is 6.92 Å². The van der Waals surface area contributed by atoms with E-state index in [1.165, 1.54) is 11.6 Å².